The van der Waals surface area contributed by atoms with E-state index >= 15 is 0 Å². The monoisotopic (exact) mass is 380 g/mol. The Morgan fingerprint density at radius 3 is 2.44 bits per heavy atom. The third kappa shape index (κ3) is 3.48. The maximum Gasteiger partial charge on any atom is 0.256 e. The summed E-state index contributed by atoms with van der Waals surface area (Å²) in [4.78, 5) is 28.5. The predicted molar refractivity (Wildman–Crippen MR) is 95.7 cm³/mol. The normalized spacial score (nSPS) is 17.8. The van der Waals surface area contributed by atoms with Crippen molar-refractivity contribution in [2.45, 2.75) is 13.0 Å². The van der Waals surface area contributed by atoms with Crippen LogP contribution in [0.4, 0.5) is 10.1 Å². The lowest BCUT2D eigenvalue weighted by Crippen LogP contribution is -2.57. The minimum absolute atomic E-state index is 0.226. The molecule has 0 radical (unpaired) electrons. The molecule has 1 unspecified atom stereocenters. The fourth-order valence-corrected chi connectivity index (χ4v) is 3.33. The number of benzene rings is 2. The van der Waals surface area contributed by atoms with Gasteiger partial charge in [0.2, 0.25) is 5.91 Å². The second-order valence-electron chi connectivity index (χ2n) is 5.76. The highest BCUT2D eigenvalue weighted by Crippen LogP contribution is 2.26. The van der Waals surface area contributed by atoms with Gasteiger partial charge in [-0.3, -0.25) is 9.59 Å². The highest BCUT2D eigenvalue weighted by molar-refractivity contribution is 6.36. The van der Waals surface area contributed by atoms with Gasteiger partial charge in [-0.25, -0.2) is 4.39 Å². The maximum absolute atomic E-state index is 13.1. The smallest absolute Gasteiger partial charge is 0.256 e. The number of hydrogen-bond acceptors (Lipinski definition) is 2. The molecule has 7 heteroatoms. The zero-order valence-electron chi connectivity index (χ0n) is 13.4. The molecule has 1 fully saturated rings. The van der Waals surface area contributed by atoms with Crippen LogP contribution < -0.4 is 4.90 Å². The number of nitrogens with zero attached hydrogens (tertiary/aromatic N) is 2. The number of carbonyl (C=O) groups is 2. The summed E-state index contributed by atoms with van der Waals surface area (Å²) in [5.41, 5.74) is 0.913. The second-order valence-corrected chi connectivity index (χ2v) is 6.61. The van der Waals surface area contributed by atoms with Crippen LogP contribution in [0.15, 0.2) is 42.5 Å². The Morgan fingerprint density at radius 2 is 1.80 bits per heavy atom. The molecule has 1 atom stereocenters. The van der Waals surface area contributed by atoms with Crippen molar-refractivity contribution < 1.29 is 14.0 Å². The molecule has 0 bridgehead atoms. The first-order chi connectivity index (χ1) is 11.9. The molecule has 2 aromatic carbocycles. The van der Waals surface area contributed by atoms with Gasteiger partial charge in [0, 0.05) is 23.8 Å². The molecular formula is C18H15Cl2FN2O2. The molecule has 1 saturated heterocycles. The summed E-state index contributed by atoms with van der Waals surface area (Å²) >= 11 is 12.0. The van der Waals surface area contributed by atoms with Crippen molar-refractivity contribution in [2.75, 3.05) is 18.0 Å². The van der Waals surface area contributed by atoms with Crippen molar-refractivity contribution in [3.8, 4) is 0 Å². The minimum atomic E-state index is -0.655. The Bertz CT molecular complexity index is 826. The number of carbonyl (C=O) groups excluding carboxylic acids is 2. The molecule has 3 rings (SSSR count). The predicted octanol–water partition coefficient (Wildman–Crippen LogP) is 4.01. The third-order valence-corrected chi connectivity index (χ3v) is 4.76. The standard InChI is InChI=1S/C18H15Cl2FN2O2/c1-11-17(24)23(14-5-3-13(21)4-6-14)9-8-22(11)18(25)15-7-2-12(19)10-16(15)20/h2-7,10-11H,8-9H2,1H3. The lowest BCUT2D eigenvalue weighted by Gasteiger charge is -2.39. The van der Waals surface area contributed by atoms with Crippen LogP contribution in [0.5, 0.6) is 0 Å². The van der Waals surface area contributed by atoms with Gasteiger partial charge in [-0.1, -0.05) is 23.2 Å². The van der Waals surface area contributed by atoms with Gasteiger partial charge >= 0.3 is 0 Å². The highest BCUT2D eigenvalue weighted by Gasteiger charge is 2.35. The van der Waals surface area contributed by atoms with Crippen LogP contribution in [0.1, 0.15) is 17.3 Å². The summed E-state index contributed by atoms with van der Waals surface area (Å²) < 4.78 is 13.1. The molecule has 130 valence electrons. The zero-order chi connectivity index (χ0) is 18.1. The minimum Gasteiger partial charge on any atom is -0.325 e. The molecule has 0 N–H and O–H groups in total. The highest BCUT2D eigenvalue weighted by atomic mass is 35.5. The van der Waals surface area contributed by atoms with Crippen LogP contribution in [0.25, 0.3) is 0 Å². The van der Waals surface area contributed by atoms with E-state index in [0.29, 0.717) is 29.4 Å². The van der Waals surface area contributed by atoms with Gasteiger partial charge in [-0.15, -0.1) is 0 Å². The summed E-state index contributed by atoms with van der Waals surface area (Å²) in [5, 5.41) is 0.685. The number of halogens is 3. The second kappa shape index (κ2) is 7.02. The fourth-order valence-electron chi connectivity index (χ4n) is 2.84. The van der Waals surface area contributed by atoms with Crippen LogP contribution in [0, 0.1) is 5.82 Å². The van der Waals surface area contributed by atoms with E-state index in [0.717, 1.165) is 0 Å². The average Bonchev–Trinajstić information content (AvgIpc) is 2.58. The van der Waals surface area contributed by atoms with Crippen LogP contribution in [-0.2, 0) is 4.79 Å². The molecule has 1 aliphatic rings. The van der Waals surface area contributed by atoms with Crippen LogP contribution in [-0.4, -0.2) is 35.8 Å². The van der Waals surface area contributed by atoms with Gasteiger partial charge in [-0.2, -0.15) is 0 Å². The Balaban J connectivity index is 1.81. The molecule has 0 spiro atoms. The first-order valence-corrected chi connectivity index (χ1v) is 8.47. The molecular weight excluding hydrogens is 366 g/mol. The number of piperazine rings is 1. The van der Waals surface area contributed by atoms with E-state index in [1.165, 1.54) is 23.1 Å². The molecule has 1 aliphatic heterocycles. The SMILES string of the molecule is CC1C(=O)N(c2ccc(F)cc2)CCN1C(=O)c1ccc(Cl)cc1Cl. The Morgan fingerprint density at radius 1 is 1.12 bits per heavy atom. The fraction of sp³-hybridized carbons (Fsp3) is 0.222. The van der Waals surface area contributed by atoms with Crippen molar-refractivity contribution in [2.24, 2.45) is 0 Å². The van der Waals surface area contributed by atoms with Gasteiger partial charge in [-0.05, 0) is 49.4 Å². The molecule has 2 amide bonds. The zero-order valence-corrected chi connectivity index (χ0v) is 14.9. The largest absolute Gasteiger partial charge is 0.325 e. The quantitative estimate of drug-likeness (QED) is 0.789. The van der Waals surface area contributed by atoms with Gasteiger partial charge in [0.25, 0.3) is 5.91 Å². The van der Waals surface area contributed by atoms with Gasteiger partial charge < -0.3 is 9.80 Å². The van der Waals surface area contributed by atoms with Gasteiger partial charge in [0.15, 0.2) is 0 Å². The van der Waals surface area contributed by atoms with E-state index in [1.807, 2.05) is 0 Å². The molecule has 0 aliphatic carbocycles. The third-order valence-electron chi connectivity index (χ3n) is 4.22. The number of hydrogen-bond donors (Lipinski definition) is 0. The number of rotatable bonds is 2. The molecule has 2 aromatic rings. The van der Waals surface area contributed by atoms with E-state index in [1.54, 1.807) is 36.1 Å². The summed E-state index contributed by atoms with van der Waals surface area (Å²) in [7, 11) is 0. The van der Waals surface area contributed by atoms with Crippen molar-refractivity contribution in [1.29, 1.82) is 0 Å². The topological polar surface area (TPSA) is 40.6 Å². The van der Waals surface area contributed by atoms with Crippen molar-refractivity contribution in [3.63, 3.8) is 0 Å². The number of anilines is 1. The summed E-state index contributed by atoms with van der Waals surface area (Å²) in [6.45, 7) is 2.34. The molecule has 4 nitrogen and oxygen atoms in total. The molecule has 0 saturated carbocycles. The summed E-state index contributed by atoms with van der Waals surface area (Å²) in [6.07, 6.45) is 0. The van der Waals surface area contributed by atoms with Crippen molar-refractivity contribution in [3.05, 3.63) is 63.9 Å². The van der Waals surface area contributed by atoms with Crippen molar-refractivity contribution in [1.82, 2.24) is 4.90 Å². The Kier molecular flexibility index (Phi) is 4.97. The molecule has 1 heterocycles. The first kappa shape index (κ1) is 17.7. The molecule has 25 heavy (non-hydrogen) atoms. The van der Waals surface area contributed by atoms with E-state index in [-0.39, 0.29) is 22.7 Å². The summed E-state index contributed by atoms with van der Waals surface area (Å²) in [5.74, 6) is -0.909. The van der Waals surface area contributed by atoms with Gasteiger partial charge in [0.1, 0.15) is 11.9 Å². The van der Waals surface area contributed by atoms with Crippen LogP contribution in [0.3, 0.4) is 0 Å². The van der Waals surface area contributed by atoms with Crippen molar-refractivity contribution >= 4 is 40.7 Å². The van der Waals surface area contributed by atoms with Crippen LogP contribution >= 0.6 is 23.2 Å². The summed E-state index contributed by atoms with van der Waals surface area (Å²) in [6, 6.07) is 9.69. The van der Waals surface area contributed by atoms with E-state index in [9.17, 15) is 14.0 Å². The lowest BCUT2D eigenvalue weighted by molar-refractivity contribution is -0.124. The lowest BCUT2D eigenvalue weighted by atomic mass is 10.1. The maximum atomic E-state index is 13.1. The first-order valence-electron chi connectivity index (χ1n) is 7.71. The van der Waals surface area contributed by atoms with E-state index in [2.05, 4.69) is 0 Å². The van der Waals surface area contributed by atoms with Gasteiger partial charge in [0.05, 0.1) is 10.6 Å². The average molecular weight is 381 g/mol. The molecule has 0 aromatic heterocycles. The number of amides is 2. The van der Waals surface area contributed by atoms with Crippen LogP contribution in [0.2, 0.25) is 10.0 Å². The van der Waals surface area contributed by atoms with E-state index in [4.69, 9.17) is 23.2 Å². The Labute approximate surface area is 154 Å². The Hall–Kier alpha value is -2.11. The van der Waals surface area contributed by atoms with E-state index < -0.39 is 6.04 Å².